The molecule has 0 radical (unpaired) electrons. The second-order valence-electron chi connectivity index (χ2n) is 10.0. The van der Waals surface area contributed by atoms with E-state index in [0.717, 1.165) is 32.6 Å². The van der Waals surface area contributed by atoms with Crippen molar-refractivity contribution in [2.75, 3.05) is 39.3 Å². The monoisotopic (exact) mass is 435 g/mol. The van der Waals surface area contributed by atoms with E-state index >= 15 is 0 Å². The van der Waals surface area contributed by atoms with Crippen molar-refractivity contribution in [2.45, 2.75) is 64.7 Å². The SMILES string of the molecule is Cc1ccccc1-c1cccc(CN2CCN(C3CCN(C(C)C)CC3)C(CCO)C2)c1. The van der Waals surface area contributed by atoms with Crippen LogP contribution in [0.15, 0.2) is 48.5 Å². The number of rotatable bonds is 7. The molecule has 1 unspecified atom stereocenters. The normalized spacial score (nSPS) is 22.0. The molecule has 0 saturated carbocycles. The summed E-state index contributed by atoms with van der Waals surface area (Å²) in [7, 11) is 0. The molecule has 1 atom stereocenters. The second-order valence-corrected chi connectivity index (χ2v) is 10.0. The van der Waals surface area contributed by atoms with Crippen LogP contribution in [0.3, 0.4) is 0 Å². The summed E-state index contributed by atoms with van der Waals surface area (Å²) >= 11 is 0. The molecule has 4 rings (SSSR count). The summed E-state index contributed by atoms with van der Waals surface area (Å²) in [5.41, 5.74) is 5.34. The Balaban J connectivity index is 1.39. The van der Waals surface area contributed by atoms with Crippen molar-refractivity contribution in [3.05, 3.63) is 59.7 Å². The Morgan fingerprint density at radius 1 is 0.969 bits per heavy atom. The molecular formula is C28H41N3O. The van der Waals surface area contributed by atoms with Gasteiger partial charge in [0.15, 0.2) is 0 Å². The summed E-state index contributed by atoms with van der Waals surface area (Å²) in [5.74, 6) is 0. The number of benzene rings is 2. The molecule has 2 aliphatic heterocycles. The molecule has 0 aliphatic carbocycles. The zero-order valence-electron chi connectivity index (χ0n) is 20.2. The molecular weight excluding hydrogens is 394 g/mol. The first-order chi connectivity index (χ1) is 15.5. The Labute approximate surface area is 194 Å². The molecule has 0 bridgehead atoms. The molecule has 32 heavy (non-hydrogen) atoms. The van der Waals surface area contributed by atoms with Crippen LogP contribution in [0.25, 0.3) is 11.1 Å². The fourth-order valence-electron chi connectivity index (χ4n) is 5.69. The number of aliphatic hydroxyl groups excluding tert-OH is 1. The number of likely N-dealkylation sites (tertiary alicyclic amines) is 1. The molecule has 0 aromatic heterocycles. The van der Waals surface area contributed by atoms with Crippen molar-refractivity contribution in [1.29, 1.82) is 0 Å². The molecule has 1 N–H and O–H groups in total. The van der Waals surface area contributed by atoms with E-state index in [4.69, 9.17) is 0 Å². The molecule has 4 heteroatoms. The van der Waals surface area contributed by atoms with Crippen LogP contribution in [-0.4, -0.2) is 77.3 Å². The number of hydrogen-bond acceptors (Lipinski definition) is 4. The minimum Gasteiger partial charge on any atom is -0.396 e. The lowest BCUT2D eigenvalue weighted by Gasteiger charge is -2.48. The lowest BCUT2D eigenvalue weighted by atomic mass is 9.96. The Bertz CT molecular complexity index is 859. The van der Waals surface area contributed by atoms with Crippen molar-refractivity contribution >= 4 is 0 Å². The highest BCUT2D eigenvalue weighted by Gasteiger charge is 2.33. The first kappa shape index (κ1) is 23.4. The van der Waals surface area contributed by atoms with Crippen LogP contribution < -0.4 is 0 Å². The van der Waals surface area contributed by atoms with Crippen LogP contribution in [0.2, 0.25) is 0 Å². The Kier molecular flexibility index (Phi) is 8.01. The summed E-state index contributed by atoms with van der Waals surface area (Å²) in [4.78, 5) is 7.93. The van der Waals surface area contributed by atoms with Crippen LogP contribution in [-0.2, 0) is 6.54 Å². The van der Waals surface area contributed by atoms with Gasteiger partial charge in [-0.05, 0) is 81.4 Å². The van der Waals surface area contributed by atoms with Gasteiger partial charge in [-0.3, -0.25) is 9.80 Å². The van der Waals surface area contributed by atoms with Gasteiger partial charge in [-0.25, -0.2) is 0 Å². The predicted octanol–water partition coefficient (Wildman–Crippen LogP) is 4.40. The molecule has 2 aromatic rings. The van der Waals surface area contributed by atoms with Gasteiger partial charge in [0.05, 0.1) is 0 Å². The van der Waals surface area contributed by atoms with Gasteiger partial charge in [-0.15, -0.1) is 0 Å². The maximum absolute atomic E-state index is 9.76. The standard InChI is InChI=1S/C28H41N3O/c1-22(2)30-14-11-26(12-15-30)31-17-16-29(21-27(31)13-18-32)20-24-8-6-9-25(19-24)28-10-5-4-7-23(28)3/h4-10,19,22,26-27,32H,11-18,20-21H2,1-3H3. The Morgan fingerprint density at radius 3 is 2.47 bits per heavy atom. The highest BCUT2D eigenvalue weighted by molar-refractivity contribution is 5.67. The van der Waals surface area contributed by atoms with E-state index in [2.05, 4.69) is 84.0 Å². The van der Waals surface area contributed by atoms with E-state index in [-0.39, 0.29) is 6.61 Å². The summed E-state index contributed by atoms with van der Waals surface area (Å²) in [5, 5.41) is 9.76. The highest BCUT2D eigenvalue weighted by Crippen LogP contribution is 2.27. The summed E-state index contributed by atoms with van der Waals surface area (Å²) in [6.45, 7) is 13.8. The molecule has 0 spiro atoms. The summed E-state index contributed by atoms with van der Waals surface area (Å²) in [6, 6.07) is 19.5. The van der Waals surface area contributed by atoms with Gasteiger partial charge in [0.1, 0.15) is 0 Å². The smallest absolute Gasteiger partial charge is 0.0446 e. The number of nitrogens with zero attached hydrogens (tertiary/aromatic N) is 3. The van der Waals surface area contributed by atoms with Crippen LogP contribution in [0.4, 0.5) is 0 Å². The zero-order chi connectivity index (χ0) is 22.5. The Hall–Kier alpha value is -1.72. The number of piperazine rings is 1. The van der Waals surface area contributed by atoms with Crippen molar-refractivity contribution < 1.29 is 5.11 Å². The largest absolute Gasteiger partial charge is 0.396 e. The fraction of sp³-hybridized carbons (Fsp3) is 0.571. The first-order valence-corrected chi connectivity index (χ1v) is 12.5. The van der Waals surface area contributed by atoms with Crippen molar-refractivity contribution in [3.8, 4) is 11.1 Å². The topological polar surface area (TPSA) is 30.0 Å². The number of aliphatic hydroxyl groups is 1. The van der Waals surface area contributed by atoms with Gasteiger partial charge in [0.2, 0.25) is 0 Å². The van der Waals surface area contributed by atoms with E-state index in [9.17, 15) is 5.11 Å². The van der Waals surface area contributed by atoms with Gasteiger partial charge in [0, 0.05) is 50.9 Å². The molecule has 2 fully saturated rings. The average molecular weight is 436 g/mol. The molecule has 2 heterocycles. The second kappa shape index (κ2) is 10.9. The van der Waals surface area contributed by atoms with Crippen molar-refractivity contribution in [1.82, 2.24) is 14.7 Å². The maximum Gasteiger partial charge on any atom is 0.0446 e. The fourth-order valence-corrected chi connectivity index (χ4v) is 5.69. The first-order valence-electron chi connectivity index (χ1n) is 12.5. The van der Waals surface area contributed by atoms with E-state index in [1.807, 2.05) is 0 Å². The van der Waals surface area contributed by atoms with Gasteiger partial charge in [-0.2, -0.15) is 0 Å². The minimum atomic E-state index is 0.280. The molecule has 174 valence electrons. The minimum absolute atomic E-state index is 0.280. The molecule has 0 amide bonds. The number of hydrogen-bond donors (Lipinski definition) is 1. The van der Waals surface area contributed by atoms with E-state index in [1.54, 1.807) is 0 Å². The van der Waals surface area contributed by atoms with E-state index < -0.39 is 0 Å². The summed E-state index contributed by atoms with van der Waals surface area (Å²) < 4.78 is 0. The number of aryl methyl sites for hydroxylation is 1. The van der Waals surface area contributed by atoms with Crippen LogP contribution in [0.1, 0.15) is 44.2 Å². The molecule has 4 nitrogen and oxygen atoms in total. The lowest BCUT2D eigenvalue weighted by molar-refractivity contribution is -0.0000253. The van der Waals surface area contributed by atoms with Crippen LogP contribution in [0, 0.1) is 6.92 Å². The third-order valence-corrected chi connectivity index (χ3v) is 7.56. The maximum atomic E-state index is 9.76. The third-order valence-electron chi connectivity index (χ3n) is 7.56. The van der Waals surface area contributed by atoms with Crippen LogP contribution >= 0.6 is 0 Å². The van der Waals surface area contributed by atoms with Gasteiger partial charge >= 0.3 is 0 Å². The lowest BCUT2D eigenvalue weighted by Crippen LogP contribution is -2.58. The van der Waals surface area contributed by atoms with Crippen molar-refractivity contribution in [3.63, 3.8) is 0 Å². The molecule has 2 aromatic carbocycles. The molecule has 2 aliphatic rings. The van der Waals surface area contributed by atoms with Gasteiger partial charge in [-0.1, -0.05) is 42.5 Å². The Morgan fingerprint density at radius 2 is 1.75 bits per heavy atom. The number of piperidine rings is 1. The van der Waals surface area contributed by atoms with Crippen molar-refractivity contribution in [2.24, 2.45) is 0 Å². The summed E-state index contributed by atoms with van der Waals surface area (Å²) in [6.07, 6.45) is 3.40. The highest BCUT2D eigenvalue weighted by atomic mass is 16.3. The van der Waals surface area contributed by atoms with Gasteiger partial charge < -0.3 is 10.0 Å². The zero-order valence-corrected chi connectivity index (χ0v) is 20.2. The van der Waals surface area contributed by atoms with E-state index in [1.165, 1.54) is 48.2 Å². The van der Waals surface area contributed by atoms with Crippen LogP contribution in [0.5, 0.6) is 0 Å². The molecule has 2 saturated heterocycles. The predicted molar refractivity (Wildman–Crippen MR) is 134 cm³/mol. The van der Waals surface area contributed by atoms with E-state index in [0.29, 0.717) is 18.1 Å². The quantitative estimate of drug-likeness (QED) is 0.698. The third kappa shape index (κ3) is 5.60. The average Bonchev–Trinajstić information content (AvgIpc) is 2.80. The van der Waals surface area contributed by atoms with Gasteiger partial charge in [0.25, 0.3) is 0 Å².